The summed E-state index contributed by atoms with van der Waals surface area (Å²) in [6.07, 6.45) is 0. The van der Waals surface area contributed by atoms with Crippen molar-refractivity contribution >= 4 is 33.4 Å². The average molecular weight is 386 g/mol. The van der Waals surface area contributed by atoms with Crippen molar-refractivity contribution in [1.82, 2.24) is 4.72 Å². The number of ether oxygens (including phenoxy) is 1. The van der Waals surface area contributed by atoms with Gasteiger partial charge >= 0.3 is 0 Å². The molecule has 4 nitrogen and oxygen atoms in total. The SMILES string of the molecule is COc1ccc(S(=O)(=O)NCCSCc2cccc(Cl)c2)cc1C. The molecule has 0 aliphatic rings. The molecule has 1 N–H and O–H groups in total. The number of methoxy groups -OCH3 is 1. The molecule has 0 unspecified atom stereocenters. The zero-order valence-electron chi connectivity index (χ0n) is 13.6. The number of aryl methyl sites for hydroxylation is 1. The molecule has 7 heteroatoms. The highest BCUT2D eigenvalue weighted by Gasteiger charge is 2.14. The van der Waals surface area contributed by atoms with E-state index in [0.717, 1.165) is 16.9 Å². The zero-order chi connectivity index (χ0) is 17.6. The molecule has 0 saturated heterocycles. The maximum absolute atomic E-state index is 12.3. The summed E-state index contributed by atoms with van der Waals surface area (Å²) in [7, 11) is -1.94. The normalized spacial score (nSPS) is 11.5. The third kappa shape index (κ3) is 5.41. The second-order valence-corrected chi connectivity index (χ2v) is 8.52. The molecule has 0 atom stereocenters. The van der Waals surface area contributed by atoms with E-state index in [-0.39, 0.29) is 4.90 Å². The average Bonchev–Trinajstić information content (AvgIpc) is 2.54. The van der Waals surface area contributed by atoms with Crippen LogP contribution in [-0.4, -0.2) is 27.8 Å². The maximum Gasteiger partial charge on any atom is 0.240 e. The number of sulfonamides is 1. The predicted molar refractivity (Wildman–Crippen MR) is 101 cm³/mol. The first kappa shape index (κ1) is 19.1. The minimum atomic E-state index is -3.50. The van der Waals surface area contributed by atoms with Gasteiger partial charge in [-0.2, -0.15) is 11.8 Å². The largest absolute Gasteiger partial charge is 0.496 e. The standard InChI is InChI=1S/C17H20ClNO3S2/c1-13-10-16(6-7-17(13)22-2)24(20,21)19-8-9-23-12-14-4-3-5-15(18)11-14/h3-7,10-11,19H,8-9,12H2,1-2H3. The van der Waals surface area contributed by atoms with Gasteiger partial charge in [0.15, 0.2) is 0 Å². The van der Waals surface area contributed by atoms with Gasteiger partial charge in [0.05, 0.1) is 12.0 Å². The minimum absolute atomic E-state index is 0.251. The van der Waals surface area contributed by atoms with E-state index >= 15 is 0 Å². The van der Waals surface area contributed by atoms with Gasteiger partial charge in [-0.25, -0.2) is 13.1 Å². The summed E-state index contributed by atoms with van der Waals surface area (Å²) >= 11 is 7.59. The van der Waals surface area contributed by atoms with Crippen LogP contribution in [-0.2, 0) is 15.8 Å². The Labute approximate surface area is 152 Å². The minimum Gasteiger partial charge on any atom is -0.496 e. The summed E-state index contributed by atoms with van der Waals surface area (Å²) in [5.41, 5.74) is 1.91. The molecular weight excluding hydrogens is 366 g/mol. The first-order valence-corrected chi connectivity index (χ1v) is 10.4. The molecular formula is C17H20ClNO3S2. The van der Waals surface area contributed by atoms with E-state index in [2.05, 4.69) is 4.72 Å². The molecule has 0 amide bonds. The van der Waals surface area contributed by atoms with Crippen molar-refractivity contribution in [3.8, 4) is 5.75 Å². The Morgan fingerprint density at radius 1 is 1.21 bits per heavy atom. The van der Waals surface area contributed by atoms with Crippen LogP contribution < -0.4 is 9.46 Å². The number of hydrogen-bond donors (Lipinski definition) is 1. The van der Waals surface area contributed by atoms with Crippen LogP contribution in [0.4, 0.5) is 0 Å². The van der Waals surface area contributed by atoms with E-state index in [9.17, 15) is 8.42 Å². The lowest BCUT2D eigenvalue weighted by Gasteiger charge is -2.09. The van der Waals surface area contributed by atoms with E-state index in [1.54, 1.807) is 37.1 Å². The maximum atomic E-state index is 12.3. The van der Waals surface area contributed by atoms with Crippen LogP contribution in [0.5, 0.6) is 5.75 Å². The Hall–Kier alpha value is -1.21. The monoisotopic (exact) mass is 385 g/mol. The van der Waals surface area contributed by atoms with Gasteiger partial charge in [-0.15, -0.1) is 0 Å². The Morgan fingerprint density at radius 3 is 2.67 bits per heavy atom. The molecule has 0 fully saturated rings. The smallest absolute Gasteiger partial charge is 0.240 e. The predicted octanol–water partition coefficient (Wildman–Crippen LogP) is 3.87. The number of nitrogens with one attached hydrogen (secondary N) is 1. The van der Waals surface area contributed by atoms with Crippen molar-refractivity contribution in [2.75, 3.05) is 19.4 Å². The lowest BCUT2D eigenvalue weighted by atomic mass is 10.2. The zero-order valence-corrected chi connectivity index (χ0v) is 16.0. The molecule has 0 heterocycles. The quantitative estimate of drug-likeness (QED) is 0.701. The molecule has 0 aliphatic carbocycles. The Bertz CT molecular complexity index is 794. The van der Waals surface area contributed by atoms with Gasteiger partial charge < -0.3 is 4.74 Å². The van der Waals surface area contributed by atoms with E-state index < -0.39 is 10.0 Å². The third-order valence-electron chi connectivity index (χ3n) is 3.37. The van der Waals surface area contributed by atoms with Gasteiger partial charge in [-0.3, -0.25) is 0 Å². The molecule has 24 heavy (non-hydrogen) atoms. The highest BCUT2D eigenvalue weighted by molar-refractivity contribution is 7.98. The second-order valence-electron chi connectivity index (χ2n) is 5.21. The summed E-state index contributed by atoms with van der Waals surface area (Å²) in [4.78, 5) is 0.251. The summed E-state index contributed by atoms with van der Waals surface area (Å²) in [6, 6.07) is 12.5. The lowest BCUT2D eigenvalue weighted by molar-refractivity contribution is 0.411. The van der Waals surface area contributed by atoms with E-state index in [1.165, 1.54) is 0 Å². The van der Waals surface area contributed by atoms with Gasteiger partial charge in [-0.05, 0) is 48.4 Å². The van der Waals surface area contributed by atoms with E-state index in [4.69, 9.17) is 16.3 Å². The lowest BCUT2D eigenvalue weighted by Crippen LogP contribution is -2.26. The molecule has 2 aromatic rings. The topological polar surface area (TPSA) is 55.4 Å². The highest BCUT2D eigenvalue weighted by atomic mass is 35.5. The Morgan fingerprint density at radius 2 is 2.00 bits per heavy atom. The van der Waals surface area contributed by atoms with E-state index in [0.29, 0.717) is 23.1 Å². The molecule has 0 saturated carbocycles. The summed E-state index contributed by atoms with van der Waals surface area (Å²) in [6.45, 7) is 2.19. The first-order chi connectivity index (χ1) is 11.4. The van der Waals surface area contributed by atoms with Gasteiger partial charge in [0.25, 0.3) is 0 Å². The van der Waals surface area contributed by atoms with Crippen molar-refractivity contribution in [2.24, 2.45) is 0 Å². The number of rotatable bonds is 8. The number of benzene rings is 2. The van der Waals surface area contributed by atoms with Crippen LogP contribution >= 0.6 is 23.4 Å². The molecule has 0 radical (unpaired) electrons. The molecule has 130 valence electrons. The molecule has 0 bridgehead atoms. The molecule has 0 aliphatic heterocycles. The first-order valence-electron chi connectivity index (χ1n) is 7.39. The van der Waals surface area contributed by atoms with Gasteiger partial charge in [0.2, 0.25) is 10.0 Å². The van der Waals surface area contributed by atoms with E-state index in [1.807, 2.05) is 31.2 Å². The van der Waals surface area contributed by atoms with Crippen LogP contribution in [0.1, 0.15) is 11.1 Å². The number of hydrogen-bond acceptors (Lipinski definition) is 4. The molecule has 2 rings (SSSR count). The number of halogens is 1. The van der Waals surface area contributed by atoms with Crippen LogP contribution in [0.25, 0.3) is 0 Å². The third-order valence-corrected chi connectivity index (χ3v) is 6.10. The van der Waals surface area contributed by atoms with Crippen LogP contribution in [0.2, 0.25) is 5.02 Å². The van der Waals surface area contributed by atoms with Crippen LogP contribution in [0.15, 0.2) is 47.4 Å². The van der Waals surface area contributed by atoms with Gasteiger partial charge in [0, 0.05) is 23.1 Å². The second kappa shape index (κ2) is 8.76. The highest BCUT2D eigenvalue weighted by Crippen LogP contribution is 2.21. The fourth-order valence-corrected chi connectivity index (χ4v) is 4.43. The summed E-state index contributed by atoms with van der Waals surface area (Å²) in [5.74, 6) is 2.15. The van der Waals surface area contributed by atoms with Crippen LogP contribution in [0, 0.1) is 6.92 Å². The van der Waals surface area contributed by atoms with Gasteiger partial charge in [0.1, 0.15) is 5.75 Å². The Kier molecular flexibility index (Phi) is 6.98. The number of thioether (sulfide) groups is 1. The van der Waals surface area contributed by atoms with Crippen molar-refractivity contribution in [3.63, 3.8) is 0 Å². The van der Waals surface area contributed by atoms with Gasteiger partial charge in [-0.1, -0.05) is 23.7 Å². The van der Waals surface area contributed by atoms with Crippen molar-refractivity contribution in [2.45, 2.75) is 17.6 Å². The Balaban J connectivity index is 1.83. The summed E-state index contributed by atoms with van der Waals surface area (Å²) < 4.78 is 32.3. The summed E-state index contributed by atoms with van der Waals surface area (Å²) in [5, 5.41) is 0.712. The molecule has 0 spiro atoms. The van der Waals surface area contributed by atoms with Crippen LogP contribution in [0.3, 0.4) is 0 Å². The fraction of sp³-hybridized carbons (Fsp3) is 0.294. The van der Waals surface area contributed by atoms with Crippen molar-refractivity contribution in [1.29, 1.82) is 0 Å². The van der Waals surface area contributed by atoms with Crippen molar-refractivity contribution < 1.29 is 13.2 Å². The fourth-order valence-electron chi connectivity index (χ4n) is 2.17. The molecule has 0 aromatic heterocycles. The van der Waals surface area contributed by atoms with Crippen molar-refractivity contribution in [3.05, 3.63) is 58.6 Å². The molecule has 2 aromatic carbocycles.